The Bertz CT molecular complexity index is 1470. The van der Waals surface area contributed by atoms with Crippen LogP contribution in [-0.4, -0.2) is 62.9 Å². The van der Waals surface area contributed by atoms with E-state index in [1.54, 1.807) is 23.1 Å². The number of thiophene rings is 1. The summed E-state index contributed by atoms with van der Waals surface area (Å²) in [6, 6.07) is 4.01. The normalized spacial score (nSPS) is 21.4. The highest BCUT2D eigenvalue weighted by molar-refractivity contribution is 8.00. The maximum atomic E-state index is 12.6. The van der Waals surface area contributed by atoms with Crippen LogP contribution in [0.2, 0.25) is 0 Å². The monoisotopic (exact) mass is 552 g/mol. The van der Waals surface area contributed by atoms with E-state index in [0.717, 1.165) is 52.8 Å². The van der Waals surface area contributed by atoms with Gasteiger partial charge in [-0.1, -0.05) is 11.8 Å². The Morgan fingerprint density at radius 1 is 1.18 bits per heavy atom. The van der Waals surface area contributed by atoms with Crippen LogP contribution < -0.4 is 10.2 Å². The lowest BCUT2D eigenvalue weighted by atomic mass is 9.73. The number of ether oxygens (including phenoxy) is 2. The average molecular weight is 553 g/mol. The molecule has 11 heteroatoms. The largest absolute Gasteiger partial charge is 0.444 e. The van der Waals surface area contributed by atoms with Crippen LogP contribution >= 0.6 is 23.1 Å². The lowest BCUT2D eigenvalue weighted by molar-refractivity contribution is 0.0434. The third-order valence-electron chi connectivity index (χ3n) is 7.38. The molecule has 6 heterocycles. The topological polar surface area (TPSA) is 93.9 Å². The number of aromatic nitrogens is 4. The number of pyridine rings is 1. The summed E-state index contributed by atoms with van der Waals surface area (Å²) in [4.78, 5) is 31.1. The maximum absolute atomic E-state index is 12.6. The van der Waals surface area contributed by atoms with Gasteiger partial charge in [0, 0.05) is 48.2 Å². The first-order valence-corrected chi connectivity index (χ1v) is 14.6. The molecule has 0 saturated carbocycles. The Morgan fingerprint density at radius 2 is 2.00 bits per heavy atom. The molecule has 38 heavy (non-hydrogen) atoms. The fourth-order valence-electron chi connectivity index (χ4n) is 5.53. The molecule has 0 aromatic carbocycles. The summed E-state index contributed by atoms with van der Waals surface area (Å²) in [5, 5.41) is 5.20. The molecule has 2 fully saturated rings. The second-order valence-electron chi connectivity index (χ2n) is 11.1. The van der Waals surface area contributed by atoms with Gasteiger partial charge in [-0.05, 0) is 58.0 Å². The molecule has 4 aromatic heterocycles. The van der Waals surface area contributed by atoms with Crippen LogP contribution in [0.3, 0.4) is 0 Å². The van der Waals surface area contributed by atoms with Gasteiger partial charge in [-0.25, -0.2) is 14.8 Å². The highest BCUT2D eigenvalue weighted by atomic mass is 32.2. The molecule has 2 atom stereocenters. The molecule has 4 aromatic rings. The van der Waals surface area contributed by atoms with Gasteiger partial charge in [-0.2, -0.15) is 0 Å². The van der Waals surface area contributed by atoms with Crippen LogP contribution in [0.25, 0.3) is 15.9 Å². The summed E-state index contributed by atoms with van der Waals surface area (Å²) in [5.41, 5.74) is 1.24. The summed E-state index contributed by atoms with van der Waals surface area (Å²) in [5.74, 6) is 0.885. The molecule has 1 amide bonds. The summed E-state index contributed by atoms with van der Waals surface area (Å²) in [6.07, 6.45) is 8.92. The summed E-state index contributed by atoms with van der Waals surface area (Å²) in [6.45, 7) is 9.93. The van der Waals surface area contributed by atoms with E-state index < -0.39 is 5.60 Å². The summed E-state index contributed by atoms with van der Waals surface area (Å²) < 4.78 is 14.9. The van der Waals surface area contributed by atoms with Crippen molar-refractivity contribution in [3.8, 4) is 0 Å². The van der Waals surface area contributed by atoms with Crippen molar-refractivity contribution in [3.05, 3.63) is 42.3 Å². The van der Waals surface area contributed by atoms with Crippen LogP contribution in [-0.2, 0) is 9.47 Å². The maximum Gasteiger partial charge on any atom is 0.407 e. The van der Waals surface area contributed by atoms with E-state index in [-0.39, 0.29) is 23.7 Å². The van der Waals surface area contributed by atoms with Crippen molar-refractivity contribution in [2.75, 3.05) is 24.6 Å². The molecule has 0 bridgehead atoms. The molecule has 2 saturated heterocycles. The number of rotatable bonds is 4. The first-order chi connectivity index (χ1) is 18.2. The van der Waals surface area contributed by atoms with E-state index in [0.29, 0.717) is 6.61 Å². The first-order valence-electron chi connectivity index (χ1n) is 12.9. The van der Waals surface area contributed by atoms with Crippen molar-refractivity contribution in [3.63, 3.8) is 0 Å². The van der Waals surface area contributed by atoms with Crippen molar-refractivity contribution < 1.29 is 14.3 Å². The minimum atomic E-state index is -0.539. The van der Waals surface area contributed by atoms with E-state index in [1.165, 1.54) is 4.70 Å². The number of carbonyl (C=O) groups is 1. The van der Waals surface area contributed by atoms with Crippen LogP contribution in [0.5, 0.6) is 0 Å². The highest BCUT2D eigenvalue weighted by Gasteiger charge is 2.50. The second-order valence-corrected chi connectivity index (χ2v) is 13.1. The fourth-order valence-corrected chi connectivity index (χ4v) is 7.47. The number of anilines is 1. The van der Waals surface area contributed by atoms with Gasteiger partial charge >= 0.3 is 6.09 Å². The van der Waals surface area contributed by atoms with Crippen molar-refractivity contribution >= 4 is 51.0 Å². The van der Waals surface area contributed by atoms with Crippen molar-refractivity contribution in [2.45, 2.75) is 68.1 Å². The van der Waals surface area contributed by atoms with Gasteiger partial charge in [0.1, 0.15) is 5.60 Å². The van der Waals surface area contributed by atoms with Gasteiger partial charge in [0.15, 0.2) is 5.65 Å². The predicted octanol–water partition coefficient (Wildman–Crippen LogP) is 5.39. The molecule has 9 nitrogen and oxygen atoms in total. The van der Waals surface area contributed by atoms with E-state index in [4.69, 9.17) is 14.5 Å². The van der Waals surface area contributed by atoms with E-state index in [2.05, 4.69) is 30.0 Å². The van der Waals surface area contributed by atoms with Crippen LogP contribution in [0.1, 0.15) is 40.5 Å². The van der Waals surface area contributed by atoms with E-state index >= 15 is 0 Å². The zero-order valence-electron chi connectivity index (χ0n) is 22.0. The van der Waals surface area contributed by atoms with E-state index in [9.17, 15) is 4.79 Å². The molecule has 0 aliphatic carbocycles. The zero-order chi connectivity index (χ0) is 26.5. The molecule has 2 aliphatic heterocycles. The average Bonchev–Trinajstić information content (AvgIpc) is 3.61. The molecular weight excluding hydrogens is 520 g/mol. The Balaban J connectivity index is 1.20. The second kappa shape index (κ2) is 9.69. The molecule has 6 rings (SSSR count). The van der Waals surface area contributed by atoms with Crippen molar-refractivity contribution in [1.29, 1.82) is 0 Å². The number of hydrogen-bond acceptors (Lipinski definition) is 9. The molecular formula is C27H32N6O3S2. The number of fused-ring (bicyclic) bond motifs is 2. The fraction of sp³-hybridized carbons (Fsp3) is 0.481. The number of alkyl carbamates (subject to hydrolysis) is 1. The standard InChI is InChI=1S/C27H32N6O3S2/c1-17-22(31-25(34)36-26(2,3)4)27(16-35-17)7-11-32(12-8-27)24-30-15-20(23-29-10-13-33(23)24)38-19-5-9-28-18-6-14-37-21(18)19/h5-6,9-10,13-15,17,22H,7-8,11-12,16H2,1-4H3,(H,31,34)/t17-,22+/m0/s1. The number of nitrogens with zero attached hydrogens (tertiary/aromatic N) is 5. The smallest absolute Gasteiger partial charge is 0.407 e. The number of nitrogens with one attached hydrogen (secondary N) is 1. The van der Waals surface area contributed by atoms with Gasteiger partial charge in [0.2, 0.25) is 5.95 Å². The van der Waals surface area contributed by atoms with Gasteiger partial charge in [0.25, 0.3) is 0 Å². The molecule has 0 unspecified atom stereocenters. The number of amides is 1. The minimum Gasteiger partial charge on any atom is -0.444 e. The number of hydrogen-bond donors (Lipinski definition) is 1. The van der Waals surface area contributed by atoms with Crippen LogP contribution in [0.4, 0.5) is 10.7 Å². The van der Waals surface area contributed by atoms with Crippen LogP contribution in [0, 0.1) is 5.41 Å². The van der Waals surface area contributed by atoms with Gasteiger partial charge in [-0.3, -0.25) is 9.38 Å². The van der Waals surface area contributed by atoms with E-state index in [1.807, 2.05) is 64.6 Å². The third kappa shape index (κ3) is 4.71. The highest BCUT2D eigenvalue weighted by Crippen LogP contribution is 2.43. The number of piperidine rings is 1. The predicted molar refractivity (Wildman–Crippen MR) is 149 cm³/mol. The van der Waals surface area contributed by atoms with Crippen LogP contribution in [0.15, 0.2) is 52.1 Å². The molecule has 200 valence electrons. The summed E-state index contributed by atoms with van der Waals surface area (Å²) >= 11 is 3.37. The van der Waals surface area contributed by atoms with Gasteiger partial charge in [-0.15, -0.1) is 11.3 Å². The lowest BCUT2D eigenvalue weighted by Gasteiger charge is -2.43. The number of imidazole rings is 1. The number of carbonyl (C=O) groups excluding carboxylic acids is 1. The zero-order valence-corrected chi connectivity index (χ0v) is 23.6. The van der Waals surface area contributed by atoms with Gasteiger partial charge in [0.05, 0.1) is 33.9 Å². The minimum absolute atomic E-state index is 0.0631. The Kier molecular flexibility index (Phi) is 6.48. The van der Waals surface area contributed by atoms with Gasteiger partial charge < -0.3 is 19.7 Å². The lowest BCUT2D eigenvalue weighted by Crippen LogP contribution is -2.55. The quantitative estimate of drug-likeness (QED) is 0.360. The molecule has 1 N–H and O–H groups in total. The third-order valence-corrected chi connectivity index (χ3v) is 9.51. The SMILES string of the molecule is C[C@@H]1OCC2(CCN(c3ncc(Sc4ccnc5ccsc45)c4nccn34)CC2)[C@@H]1NC(=O)OC(C)(C)C. The van der Waals surface area contributed by atoms with Crippen molar-refractivity contribution in [2.24, 2.45) is 5.41 Å². The first kappa shape index (κ1) is 25.4. The Labute approximate surface area is 230 Å². The molecule has 0 radical (unpaired) electrons. The summed E-state index contributed by atoms with van der Waals surface area (Å²) in [7, 11) is 0. The molecule has 2 aliphatic rings. The Morgan fingerprint density at radius 3 is 2.79 bits per heavy atom. The van der Waals surface area contributed by atoms with Crippen molar-refractivity contribution in [1.82, 2.24) is 24.7 Å². The molecule has 1 spiro atoms. The Hall–Kier alpha value is -2.89.